The zero-order valence-electron chi connectivity index (χ0n) is 16.0. The van der Waals surface area contributed by atoms with Gasteiger partial charge in [-0.25, -0.2) is 0 Å². The summed E-state index contributed by atoms with van der Waals surface area (Å²) in [5, 5.41) is 0. The van der Waals surface area contributed by atoms with Gasteiger partial charge in [-0.1, -0.05) is 84.2 Å². The number of unbranched alkanes of at least 4 members (excludes halogenated alkanes) is 3. The summed E-state index contributed by atoms with van der Waals surface area (Å²) >= 11 is 0. The van der Waals surface area contributed by atoms with E-state index in [2.05, 4.69) is 31.2 Å². The van der Waals surface area contributed by atoms with Crippen molar-refractivity contribution in [2.45, 2.75) is 80.6 Å². The molecule has 0 aromatic heterocycles. The van der Waals surface area contributed by atoms with Crippen LogP contribution in [0.4, 0.5) is 0 Å². The lowest BCUT2D eigenvalue weighted by molar-refractivity contribution is 0.192. The van der Waals surface area contributed by atoms with Crippen molar-refractivity contribution in [3.63, 3.8) is 0 Å². The summed E-state index contributed by atoms with van der Waals surface area (Å²) in [7, 11) is 1.77. The minimum absolute atomic E-state index is 0.907. The zero-order chi connectivity index (χ0) is 16.9. The van der Waals surface area contributed by atoms with Crippen molar-refractivity contribution in [3.05, 3.63) is 35.4 Å². The van der Waals surface area contributed by atoms with E-state index in [1.54, 1.807) is 7.11 Å². The second-order valence-corrected chi connectivity index (χ2v) is 4.15. The second kappa shape index (κ2) is 24.2. The third kappa shape index (κ3) is 19.2. The number of rotatable bonds is 7. The van der Waals surface area contributed by atoms with E-state index in [9.17, 15) is 0 Å². The molecule has 0 saturated heterocycles. The van der Waals surface area contributed by atoms with Crippen molar-refractivity contribution in [2.75, 3.05) is 13.7 Å². The number of methoxy groups -OCH3 is 1. The summed E-state index contributed by atoms with van der Waals surface area (Å²) in [5.74, 6) is 0. The van der Waals surface area contributed by atoms with Crippen LogP contribution in [0.25, 0.3) is 0 Å². The number of hydrogen-bond acceptors (Lipinski definition) is 1. The van der Waals surface area contributed by atoms with Gasteiger partial charge in [0.2, 0.25) is 0 Å². The Kier molecular flexibility index (Phi) is 29.0. The summed E-state index contributed by atoms with van der Waals surface area (Å²) in [5.41, 5.74) is 2.84. The summed E-state index contributed by atoms with van der Waals surface area (Å²) < 4.78 is 5.02. The van der Waals surface area contributed by atoms with E-state index in [0.717, 1.165) is 6.61 Å². The van der Waals surface area contributed by atoms with Crippen molar-refractivity contribution >= 4 is 0 Å². The molecule has 0 aliphatic rings. The predicted molar refractivity (Wildman–Crippen MR) is 99.3 cm³/mol. The monoisotopic (exact) mass is 296 g/mol. The summed E-state index contributed by atoms with van der Waals surface area (Å²) in [6.07, 6.45) is 6.32. The molecule has 0 spiro atoms. The molecule has 0 aliphatic carbocycles. The van der Waals surface area contributed by atoms with E-state index >= 15 is 0 Å². The predicted octanol–water partition coefficient (Wildman–Crippen LogP) is 6.82. The fraction of sp³-hybridized carbons (Fsp3) is 0.700. The minimum Gasteiger partial charge on any atom is -0.385 e. The molecule has 0 unspecified atom stereocenters. The van der Waals surface area contributed by atoms with Crippen LogP contribution in [0.3, 0.4) is 0 Å². The lowest BCUT2D eigenvalue weighted by Gasteiger charge is -2.03. The van der Waals surface area contributed by atoms with E-state index in [0.29, 0.717) is 0 Å². The first-order valence-electron chi connectivity index (χ1n) is 8.87. The SMILES string of the molecule is CC.CC.CC.COCCCCCCc1cccc(C)c1. The van der Waals surface area contributed by atoms with Crippen LogP contribution < -0.4 is 0 Å². The van der Waals surface area contributed by atoms with Crippen molar-refractivity contribution < 1.29 is 4.74 Å². The van der Waals surface area contributed by atoms with Crippen LogP contribution in [-0.4, -0.2) is 13.7 Å². The van der Waals surface area contributed by atoms with Crippen LogP contribution in [0, 0.1) is 6.92 Å². The first kappa shape index (κ1) is 25.2. The maximum Gasteiger partial charge on any atom is 0.0462 e. The molecule has 1 rings (SSSR count). The van der Waals surface area contributed by atoms with E-state index in [1.807, 2.05) is 41.5 Å². The highest BCUT2D eigenvalue weighted by atomic mass is 16.5. The Bertz CT molecular complexity index is 268. The molecule has 0 N–H and O–H groups in total. The first-order valence-corrected chi connectivity index (χ1v) is 8.87. The highest BCUT2D eigenvalue weighted by Crippen LogP contribution is 2.09. The van der Waals surface area contributed by atoms with Gasteiger partial charge in [0.15, 0.2) is 0 Å². The largest absolute Gasteiger partial charge is 0.385 e. The van der Waals surface area contributed by atoms with E-state index in [4.69, 9.17) is 4.74 Å². The number of ether oxygens (including phenoxy) is 1. The van der Waals surface area contributed by atoms with Gasteiger partial charge in [0.1, 0.15) is 0 Å². The van der Waals surface area contributed by atoms with Gasteiger partial charge in [0.05, 0.1) is 0 Å². The normalized spacial score (nSPS) is 8.38. The second-order valence-electron chi connectivity index (χ2n) is 4.15. The molecule has 126 valence electrons. The highest BCUT2D eigenvalue weighted by molar-refractivity contribution is 5.22. The Morgan fingerprint density at radius 1 is 0.810 bits per heavy atom. The quantitative estimate of drug-likeness (QED) is 0.501. The highest BCUT2D eigenvalue weighted by Gasteiger charge is 1.94. The fourth-order valence-corrected chi connectivity index (χ4v) is 1.80. The molecular weight excluding hydrogens is 256 g/mol. The summed E-state index contributed by atoms with van der Waals surface area (Å²) in [4.78, 5) is 0. The van der Waals surface area contributed by atoms with Gasteiger partial charge < -0.3 is 4.74 Å². The third-order valence-corrected chi connectivity index (χ3v) is 2.65. The number of aryl methyl sites for hydroxylation is 2. The van der Waals surface area contributed by atoms with Crippen LogP contribution in [0.5, 0.6) is 0 Å². The van der Waals surface area contributed by atoms with E-state index < -0.39 is 0 Å². The maximum atomic E-state index is 5.02. The van der Waals surface area contributed by atoms with Crippen LogP contribution >= 0.6 is 0 Å². The third-order valence-electron chi connectivity index (χ3n) is 2.65. The molecule has 1 aromatic carbocycles. The molecule has 0 atom stereocenters. The maximum absolute atomic E-state index is 5.02. The summed E-state index contributed by atoms with van der Waals surface area (Å²) in [6.45, 7) is 15.1. The topological polar surface area (TPSA) is 9.23 Å². The molecule has 0 amide bonds. The summed E-state index contributed by atoms with van der Waals surface area (Å²) in [6, 6.07) is 8.81. The molecule has 0 bridgehead atoms. The van der Waals surface area contributed by atoms with Crippen molar-refractivity contribution in [3.8, 4) is 0 Å². The molecule has 1 heteroatoms. The molecule has 1 aromatic rings. The standard InChI is InChI=1S/C14H22O.3C2H6/c1-13-8-7-10-14(12-13)9-5-3-4-6-11-15-2;3*1-2/h7-8,10,12H,3-6,9,11H2,1-2H3;3*1-2H3. The van der Waals surface area contributed by atoms with Crippen LogP contribution in [0.2, 0.25) is 0 Å². The van der Waals surface area contributed by atoms with E-state index in [-0.39, 0.29) is 0 Å². The average molecular weight is 297 g/mol. The van der Waals surface area contributed by atoms with Crippen LogP contribution in [-0.2, 0) is 11.2 Å². The molecule has 0 radical (unpaired) electrons. The van der Waals surface area contributed by atoms with E-state index in [1.165, 1.54) is 43.2 Å². The van der Waals surface area contributed by atoms with Crippen molar-refractivity contribution in [1.82, 2.24) is 0 Å². The van der Waals surface area contributed by atoms with Crippen LogP contribution in [0.15, 0.2) is 24.3 Å². The molecule has 1 nitrogen and oxygen atoms in total. The Labute approximate surface area is 135 Å². The molecule has 0 heterocycles. The Hall–Kier alpha value is -0.820. The Balaban J connectivity index is -0.000000478. The van der Waals surface area contributed by atoms with Gasteiger partial charge >= 0.3 is 0 Å². The van der Waals surface area contributed by atoms with Gasteiger partial charge in [-0.05, 0) is 31.7 Å². The van der Waals surface area contributed by atoms with Crippen LogP contribution in [0.1, 0.15) is 78.4 Å². The number of benzene rings is 1. The molecular formula is C20H40O. The van der Waals surface area contributed by atoms with Gasteiger partial charge in [-0.3, -0.25) is 0 Å². The lowest BCUT2D eigenvalue weighted by atomic mass is 10.0. The number of hydrogen-bond donors (Lipinski definition) is 0. The Morgan fingerprint density at radius 2 is 1.38 bits per heavy atom. The average Bonchev–Trinajstić information content (AvgIpc) is 2.56. The molecule has 0 aliphatic heterocycles. The molecule has 21 heavy (non-hydrogen) atoms. The lowest BCUT2D eigenvalue weighted by Crippen LogP contribution is -1.90. The zero-order valence-corrected chi connectivity index (χ0v) is 16.0. The minimum atomic E-state index is 0.907. The Morgan fingerprint density at radius 3 is 1.90 bits per heavy atom. The van der Waals surface area contributed by atoms with Crippen molar-refractivity contribution in [2.24, 2.45) is 0 Å². The van der Waals surface area contributed by atoms with Gasteiger partial charge in [0, 0.05) is 13.7 Å². The molecule has 0 saturated carbocycles. The smallest absolute Gasteiger partial charge is 0.0462 e. The van der Waals surface area contributed by atoms with Gasteiger partial charge in [0.25, 0.3) is 0 Å². The van der Waals surface area contributed by atoms with Crippen molar-refractivity contribution in [1.29, 1.82) is 0 Å². The fourth-order valence-electron chi connectivity index (χ4n) is 1.80. The van der Waals surface area contributed by atoms with Gasteiger partial charge in [-0.2, -0.15) is 0 Å². The first-order chi connectivity index (χ1) is 10.3. The molecule has 0 fully saturated rings. The van der Waals surface area contributed by atoms with Gasteiger partial charge in [-0.15, -0.1) is 0 Å².